The van der Waals surface area contributed by atoms with E-state index in [2.05, 4.69) is 9.88 Å². The zero-order valence-corrected chi connectivity index (χ0v) is 10.3. The molecule has 17 heavy (non-hydrogen) atoms. The molecule has 4 heteroatoms. The highest BCUT2D eigenvalue weighted by atomic mass is 16.5. The van der Waals surface area contributed by atoms with Crippen molar-refractivity contribution in [1.82, 2.24) is 9.88 Å². The van der Waals surface area contributed by atoms with E-state index in [1.165, 1.54) is 12.8 Å². The number of pyridine rings is 1. The van der Waals surface area contributed by atoms with Crippen molar-refractivity contribution in [1.29, 1.82) is 0 Å². The molecule has 1 fully saturated rings. The number of hydrogen-bond acceptors (Lipinski definition) is 4. The third-order valence-corrected chi connectivity index (χ3v) is 3.38. The van der Waals surface area contributed by atoms with Gasteiger partial charge in [0.25, 0.3) is 0 Å². The van der Waals surface area contributed by atoms with Gasteiger partial charge in [-0.1, -0.05) is 12.5 Å². The summed E-state index contributed by atoms with van der Waals surface area (Å²) in [6.07, 6.45) is 5.24. The summed E-state index contributed by atoms with van der Waals surface area (Å²) in [5, 5.41) is 9.38. The van der Waals surface area contributed by atoms with Gasteiger partial charge in [-0.3, -0.25) is 4.90 Å². The summed E-state index contributed by atoms with van der Waals surface area (Å²) in [6, 6.07) is 4.25. The summed E-state index contributed by atoms with van der Waals surface area (Å²) in [7, 11) is 1.64. The minimum Gasteiger partial charge on any atom is -0.481 e. The van der Waals surface area contributed by atoms with E-state index < -0.39 is 0 Å². The van der Waals surface area contributed by atoms with Crippen molar-refractivity contribution in [2.24, 2.45) is 0 Å². The minimum absolute atomic E-state index is 0.239. The van der Waals surface area contributed by atoms with Crippen molar-refractivity contribution in [2.75, 3.05) is 20.3 Å². The number of methoxy groups -OCH3 is 1. The Morgan fingerprint density at radius 3 is 3.18 bits per heavy atom. The molecule has 4 nitrogen and oxygen atoms in total. The third kappa shape index (κ3) is 2.96. The molecule has 1 unspecified atom stereocenters. The maximum atomic E-state index is 9.38. The lowest BCUT2D eigenvalue weighted by atomic mass is 10.0. The average molecular weight is 236 g/mol. The monoisotopic (exact) mass is 236 g/mol. The normalized spacial score (nSPS) is 21.4. The molecule has 1 aromatic rings. The van der Waals surface area contributed by atoms with E-state index in [1.54, 1.807) is 13.3 Å². The van der Waals surface area contributed by atoms with Gasteiger partial charge in [-0.05, 0) is 25.5 Å². The summed E-state index contributed by atoms with van der Waals surface area (Å²) in [5.41, 5.74) is 1.09. The van der Waals surface area contributed by atoms with E-state index in [4.69, 9.17) is 4.74 Å². The van der Waals surface area contributed by atoms with Gasteiger partial charge in [0.15, 0.2) is 0 Å². The number of likely N-dealkylation sites (tertiary alicyclic amines) is 1. The molecule has 1 atom stereocenters. The van der Waals surface area contributed by atoms with Crippen molar-refractivity contribution < 1.29 is 9.84 Å². The van der Waals surface area contributed by atoms with E-state index in [-0.39, 0.29) is 12.6 Å². The van der Waals surface area contributed by atoms with Crippen molar-refractivity contribution in [3.8, 4) is 5.88 Å². The summed E-state index contributed by atoms with van der Waals surface area (Å²) < 4.78 is 5.26. The number of piperidine rings is 1. The van der Waals surface area contributed by atoms with E-state index in [0.29, 0.717) is 5.88 Å². The molecule has 1 aliphatic rings. The van der Waals surface area contributed by atoms with E-state index >= 15 is 0 Å². The van der Waals surface area contributed by atoms with Gasteiger partial charge in [0.05, 0.1) is 13.7 Å². The quantitative estimate of drug-likeness (QED) is 0.859. The van der Waals surface area contributed by atoms with Crippen LogP contribution in [0.4, 0.5) is 0 Å². The van der Waals surface area contributed by atoms with Gasteiger partial charge >= 0.3 is 0 Å². The molecule has 0 aliphatic carbocycles. The molecule has 1 saturated heterocycles. The number of ether oxygens (including phenoxy) is 1. The van der Waals surface area contributed by atoms with Crippen molar-refractivity contribution in [2.45, 2.75) is 31.8 Å². The Kier molecular flexibility index (Phi) is 4.34. The lowest BCUT2D eigenvalue weighted by Gasteiger charge is -2.34. The molecule has 2 heterocycles. The Labute approximate surface area is 102 Å². The molecular weight excluding hydrogens is 216 g/mol. The smallest absolute Gasteiger partial charge is 0.217 e. The second-order valence-corrected chi connectivity index (χ2v) is 4.47. The van der Waals surface area contributed by atoms with Gasteiger partial charge in [0.2, 0.25) is 5.88 Å². The predicted molar refractivity (Wildman–Crippen MR) is 65.9 cm³/mol. The number of hydrogen-bond donors (Lipinski definition) is 1. The Morgan fingerprint density at radius 2 is 2.41 bits per heavy atom. The predicted octanol–water partition coefficient (Wildman–Crippen LogP) is 1.44. The first-order valence-corrected chi connectivity index (χ1v) is 6.18. The highest BCUT2D eigenvalue weighted by Crippen LogP contribution is 2.22. The molecule has 0 radical (unpaired) electrons. The van der Waals surface area contributed by atoms with Crippen LogP contribution in [0.15, 0.2) is 18.3 Å². The molecule has 0 aromatic carbocycles. The molecule has 0 bridgehead atoms. The summed E-state index contributed by atoms with van der Waals surface area (Å²) in [5.74, 6) is 0.690. The molecule has 1 N–H and O–H groups in total. The fourth-order valence-electron chi connectivity index (χ4n) is 2.42. The molecule has 0 spiro atoms. The summed E-state index contributed by atoms with van der Waals surface area (Å²) >= 11 is 0. The van der Waals surface area contributed by atoms with E-state index in [0.717, 1.165) is 25.1 Å². The highest BCUT2D eigenvalue weighted by Gasteiger charge is 2.22. The van der Waals surface area contributed by atoms with Crippen LogP contribution in [0.1, 0.15) is 24.8 Å². The first-order chi connectivity index (χ1) is 8.35. The van der Waals surface area contributed by atoms with Crippen molar-refractivity contribution in [3.05, 3.63) is 23.9 Å². The lowest BCUT2D eigenvalue weighted by molar-refractivity contribution is 0.0832. The molecular formula is C13H20N2O2. The van der Waals surface area contributed by atoms with Gasteiger partial charge < -0.3 is 9.84 Å². The van der Waals surface area contributed by atoms with Crippen molar-refractivity contribution in [3.63, 3.8) is 0 Å². The number of aliphatic hydroxyl groups is 1. The van der Waals surface area contributed by atoms with Crippen LogP contribution >= 0.6 is 0 Å². The second kappa shape index (κ2) is 5.98. The van der Waals surface area contributed by atoms with Crippen LogP contribution in [-0.4, -0.2) is 41.3 Å². The molecule has 94 valence electrons. The number of aliphatic hydroxyl groups excluding tert-OH is 1. The molecule has 1 aromatic heterocycles. The van der Waals surface area contributed by atoms with Crippen molar-refractivity contribution >= 4 is 0 Å². The second-order valence-electron chi connectivity index (χ2n) is 4.47. The van der Waals surface area contributed by atoms with Crippen LogP contribution in [0.3, 0.4) is 0 Å². The molecule has 2 rings (SSSR count). The topological polar surface area (TPSA) is 45.6 Å². The first kappa shape index (κ1) is 12.3. The lowest BCUT2D eigenvalue weighted by Crippen LogP contribution is -2.41. The van der Waals surface area contributed by atoms with Crippen LogP contribution in [0.2, 0.25) is 0 Å². The van der Waals surface area contributed by atoms with Gasteiger partial charge in [-0.25, -0.2) is 4.98 Å². The van der Waals surface area contributed by atoms with Crippen LogP contribution < -0.4 is 4.74 Å². The standard InChI is InChI=1S/C13H20N2O2/c1-17-13-11(5-4-7-14-13)9-15-8-3-2-6-12(15)10-16/h4-5,7,12,16H,2-3,6,8-10H2,1H3. The Hall–Kier alpha value is -1.13. The number of rotatable bonds is 4. The van der Waals surface area contributed by atoms with Gasteiger partial charge in [0, 0.05) is 24.3 Å². The Morgan fingerprint density at radius 1 is 1.53 bits per heavy atom. The Balaban J connectivity index is 2.08. The van der Waals surface area contributed by atoms with E-state index in [9.17, 15) is 5.11 Å². The molecule has 1 aliphatic heterocycles. The first-order valence-electron chi connectivity index (χ1n) is 6.18. The summed E-state index contributed by atoms with van der Waals surface area (Å²) in [4.78, 5) is 6.52. The Bertz CT molecular complexity index is 357. The number of nitrogens with zero attached hydrogens (tertiary/aromatic N) is 2. The average Bonchev–Trinajstić information content (AvgIpc) is 2.40. The summed E-state index contributed by atoms with van der Waals surface area (Å²) in [6.45, 7) is 2.09. The van der Waals surface area contributed by atoms with Gasteiger partial charge in [-0.15, -0.1) is 0 Å². The molecule has 0 saturated carbocycles. The van der Waals surface area contributed by atoms with Gasteiger partial charge in [0.1, 0.15) is 0 Å². The highest BCUT2D eigenvalue weighted by molar-refractivity contribution is 5.25. The van der Waals surface area contributed by atoms with Crippen LogP contribution in [0.5, 0.6) is 5.88 Å². The van der Waals surface area contributed by atoms with Gasteiger partial charge in [-0.2, -0.15) is 0 Å². The molecule has 0 amide bonds. The zero-order valence-electron chi connectivity index (χ0n) is 10.3. The minimum atomic E-state index is 0.239. The maximum Gasteiger partial charge on any atom is 0.217 e. The maximum absolute atomic E-state index is 9.38. The van der Waals surface area contributed by atoms with Crippen LogP contribution in [0, 0.1) is 0 Å². The van der Waals surface area contributed by atoms with Crippen LogP contribution in [-0.2, 0) is 6.54 Å². The number of aromatic nitrogens is 1. The largest absolute Gasteiger partial charge is 0.481 e. The fraction of sp³-hybridized carbons (Fsp3) is 0.615. The zero-order chi connectivity index (χ0) is 12.1. The van der Waals surface area contributed by atoms with Crippen LogP contribution in [0.25, 0.3) is 0 Å². The third-order valence-electron chi connectivity index (χ3n) is 3.38. The van der Waals surface area contributed by atoms with E-state index in [1.807, 2.05) is 12.1 Å². The SMILES string of the molecule is COc1ncccc1CN1CCCCC1CO. The fourth-order valence-corrected chi connectivity index (χ4v) is 2.42.